The zero-order valence-electron chi connectivity index (χ0n) is 12.0. The average Bonchev–Trinajstić information content (AvgIpc) is 3.16. The Morgan fingerprint density at radius 1 is 1.45 bits per heavy atom. The minimum absolute atomic E-state index is 0.0524. The normalized spacial score (nSPS) is 22.5. The quantitative estimate of drug-likeness (QED) is 0.870. The number of ether oxygens (including phenoxy) is 1. The lowest BCUT2D eigenvalue weighted by Crippen LogP contribution is -2.60. The third-order valence-electron chi connectivity index (χ3n) is 4.13. The summed E-state index contributed by atoms with van der Waals surface area (Å²) in [7, 11) is 0. The van der Waals surface area contributed by atoms with Crippen LogP contribution in [0, 0.1) is 0 Å². The van der Waals surface area contributed by atoms with E-state index in [1.54, 1.807) is 18.5 Å². The summed E-state index contributed by atoms with van der Waals surface area (Å²) in [6, 6.07) is 5.52. The molecule has 5 nitrogen and oxygen atoms in total. The number of carbonyl (C=O) groups is 1. The zero-order valence-corrected chi connectivity index (χ0v) is 12.8. The van der Waals surface area contributed by atoms with Crippen LogP contribution in [0.15, 0.2) is 47.5 Å². The van der Waals surface area contributed by atoms with Crippen LogP contribution in [0.4, 0.5) is 0 Å². The fraction of sp³-hybridized carbons (Fsp3) is 0.375. The van der Waals surface area contributed by atoms with Crippen LogP contribution in [0.2, 0.25) is 0 Å². The molecule has 1 amide bonds. The first-order valence-electron chi connectivity index (χ1n) is 7.26. The Kier molecular flexibility index (Phi) is 3.33. The van der Waals surface area contributed by atoms with Crippen LogP contribution in [-0.4, -0.2) is 45.5 Å². The first-order chi connectivity index (χ1) is 10.7. The molecule has 0 N–H and O–H groups in total. The summed E-state index contributed by atoms with van der Waals surface area (Å²) in [6.07, 6.45) is 7.69. The number of pyridine rings is 1. The maximum Gasteiger partial charge on any atom is 0.257 e. The van der Waals surface area contributed by atoms with Gasteiger partial charge in [0, 0.05) is 31.5 Å². The highest BCUT2D eigenvalue weighted by Crippen LogP contribution is 2.46. The lowest BCUT2D eigenvalue weighted by atomic mass is 9.92. The SMILES string of the molecule is O=C(c1ccoc1)N1CC2(C[C@@H](Oc3cccnc3)CS2)C1. The van der Waals surface area contributed by atoms with Crippen LogP contribution in [0.25, 0.3) is 0 Å². The standard InChI is InChI=1S/C16H16N2O3S/c19-15(12-3-5-20-8-12)18-10-16(11-18)6-14(9-22-16)21-13-2-1-4-17-7-13/h1-5,7-8,14H,6,9-11H2/t14-/m1/s1. The molecule has 4 heterocycles. The summed E-state index contributed by atoms with van der Waals surface area (Å²) in [5, 5.41) is 0. The number of thioether (sulfide) groups is 1. The second kappa shape index (κ2) is 5.35. The van der Waals surface area contributed by atoms with Gasteiger partial charge in [-0.25, -0.2) is 0 Å². The molecule has 2 aromatic rings. The van der Waals surface area contributed by atoms with E-state index < -0.39 is 0 Å². The number of hydrogen-bond donors (Lipinski definition) is 0. The number of nitrogens with zero attached hydrogens (tertiary/aromatic N) is 2. The summed E-state index contributed by atoms with van der Waals surface area (Å²) < 4.78 is 11.1. The van der Waals surface area contributed by atoms with Gasteiger partial charge in [0.25, 0.3) is 5.91 Å². The Hall–Kier alpha value is -1.95. The maximum absolute atomic E-state index is 12.2. The number of furan rings is 1. The maximum atomic E-state index is 12.2. The van der Waals surface area contributed by atoms with Crippen LogP contribution in [0.1, 0.15) is 16.8 Å². The van der Waals surface area contributed by atoms with Crippen LogP contribution < -0.4 is 4.74 Å². The van der Waals surface area contributed by atoms with Gasteiger partial charge in [0.15, 0.2) is 0 Å². The third kappa shape index (κ3) is 2.47. The molecule has 2 fully saturated rings. The van der Waals surface area contributed by atoms with Gasteiger partial charge in [-0.3, -0.25) is 9.78 Å². The third-order valence-corrected chi connectivity index (χ3v) is 5.70. The molecule has 2 aromatic heterocycles. The van der Waals surface area contributed by atoms with Gasteiger partial charge in [0.1, 0.15) is 18.1 Å². The number of aromatic nitrogens is 1. The van der Waals surface area contributed by atoms with Crippen molar-refractivity contribution in [1.82, 2.24) is 9.88 Å². The lowest BCUT2D eigenvalue weighted by Gasteiger charge is -2.47. The Morgan fingerprint density at radius 2 is 2.36 bits per heavy atom. The Morgan fingerprint density at radius 3 is 3.09 bits per heavy atom. The Bertz CT molecular complexity index is 653. The highest BCUT2D eigenvalue weighted by molar-refractivity contribution is 8.01. The molecular formula is C16H16N2O3S. The van der Waals surface area contributed by atoms with E-state index in [0.29, 0.717) is 5.56 Å². The van der Waals surface area contributed by atoms with Crippen molar-refractivity contribution in [1.29, 1.82) is 0 Å². The van der Waals surface area contributed by atoms with Crippen molar-refractivity contribution < 1.29 is 13.9 Å². The molecule has 2 aliphatic rings. The van der Waals surface area contributed by atoms with Gasteiger partial charge in [-0.2, -0.15) is 0 Å². The smallest absolute Gasteiger partial charge is 0.257 e. The van der Waals surface area contributed by atoms with E-state index in [1.165, 1.54) is 12.5 Å². The van der Waals surface area contributed by atoms with Crippen molar-refractivity contribution >= 4 is 17.7 Å². The minimum atomic E-state index is 0.0524. The molecule has 1 atom stereocenters. The first kappa shape index (κ1) is 13.7. The summed E-state index contributed by atoms with van der Waals surface area (Å²) in [6.45, 7) is 1.57. The predicted octanol–water partition coefficient (Wildman–Crippen LogP) is 2.45. The van der Waals surface area contributed by atoms with Gasteiger partial charge >= 0.3 is 0 Å². The van der Waals surface area contributed by atoms with E-state index in [0.717, 1.165) is 31.0 Å². The topological polar surface area (TPSA) is 55.6 Å². The van der Waals surface area contributed by atoms with E-state index in [4.69, 9.17) is 9.15 Å². The van der Waals surface area contributed by atoms with Crippen molar-refractivity contribution in [2.75, 3.05) is 18.8 Å². The van der Waals surface area contributed by atoms with Crippen molar-refractivity contribution in [3.8, 4) is 5.75 Å². The summed E-state index contributed by atoms with van der Waals surface area (Å²) in [4.78, 5) is 18.2. The molecule has 0 radical (unpaired) electrons. The van der Waals surface area contributed by atoms with Crippen molar-refractivity contribution in [3.05, 3.63) is 48.7 Å². The molecule has 114 valence electrons. The molecule has 0 aliphatic carbocycles. The van der Waals surface area contributed by atoms with E-state index in [9.17, 15) is 4.79 Å². The summed E-state index contributed by atoms with van der Waals surface area (Å²) >= 11 is 1.91. The molecule has 0 saturated carbocycles. The Labute approximate surface area is 132 Å². The second-order valence-corrected chi connectivity index (χ2v) is 7.29. The van der Waals surface area contributed by atoms with Gasteiger partial charge in [-0.05, 0) is 18.2 Å². The number of rotatable bonds is 3. The van der Waals surface area contributed by atoms with Gasteiger partial charge in [-0.15, -0.1) is 11.8 Å². The minimum Gasteiger partial charge on any atom is -0.488 e. The first-order valence-corrected chi connectivity index (χ1v) is 8.25. The summed E-state index contributed by atoms with van der Waals surface area (Å²) in [5.41, 5.74) is 0.626. The largest absolute Gasteiger partial charge is 0.488 e. The molecule has 4 rings (SSSR count). The van der Waals surface area contributed by atoms with Crippen LogP contribution >= 0.6 is 11.8 Å². The molecule has 2 aliphatic heterocycles. The number of amides is 1. The zero-order chi connectivity index (χ0) is 15.0. The highest BCUT2D eigenvalue weighted by atomic mass is 32.2. The average molecular weight is 316 g/mol. The number of hydrogen-bond acceptors (Lipinski definition) is 5. The van der Waals surface area contributed by atoms with Crippen molar-refractivity contribution in [2.24, 2.45) is 0 Å². The fourth-order valence-corrected chi connectivity index (χ4v) is 4.59. The second-order valence-electron chi connectivity index (χ2n) is 5.80. The summed E-state index contributed by atoms with van der Waals surface area (Å²) in [5.74, 6) is 1.83. The van der Waals surface area contributed by atoms with E-state index in [-0.39, 0.29) is 16.8 Å². The fourth-order valence-electron chi connectivity index (χ4n) is 3.07. The molecule has 1 spiro atoms. The molecule has 2 saturated heterocycles. The van der Waals surface area contributed by atoms with Gasteiger partial charge in [-0.1, -0.05) is 0 Å². The van der Waals surface area contributed by atoms with Crippen LogP contribution in [0.5, 0.6) is 5.75 Å². The molecule has 0 unspecified atom stereocenters. The van der Waals surface area contributed by atoms with E-state index in [2.05, 4.69) is 4.98 Å². The van der Waals surface area contributed by atoms with Gasteiger partial charge < -0.3 is 14.1 Å². The molecule has 0 aromatic carbocycles. The lowest BCUT2D eigenvalue weighted by molar-refractivity contribution is 0.0517. The van der Waals surface area contributed by atoms with E-state index in [1.807, 2.05) is 28.8 Å². The molecule has 6 heteroatoms. The predicted molar refractivity (Wildman–Crippen MR) is 83.1 cm³/mol. The van der Waals surface area contributed by atoms with Crippen LogP contribution in [-0.2, 0) is 0 Å². The van der Waals surface area contributed by atoms with E-state index >= 15 is 0 Å². The highest BCUT2D eigenvalue weighted by Gasteiger charge is 2.51. The Balaban J connectivity index is 1.33. The van der Waals surface area contributed by atoms with Crippen LogP contribution in [0.3, 0.4) is 0 Å². The monoisotopic (exact) mass is 316 g/mol. The molecule has 0 bridgehead atoms. The van der Waals surface area contributed by atoms with Gasteiger partial charge in [0.05, 0.1) is 22.8 Å². The molecular weight excluding hydrogens is 300 g/mol. The van der Waals surface area contributed by atoms with Crippen molar-refractivity contribution in [2.45, 2.75) is 17.3 Å². The number of carbonyl (C=O) groups excluding carboxylic acids is 1. The van der Waals surface area contributed by atoms with Gasteiger partial charge in [0.2, 0.25) is 0 Å². The van der Waals surface area contributed by atoms with Crippen molar-refractivity contribution in [3.63, 3.8) is 0 Å². The molecule has 22 heavy (non-hydrogen) atoms. The number of likely N-dealkylation sites (tertiary alicyclic amines) is 1.